The summed E-state index contributed by atoms with van der Waals surface area (Å²) in [5, 5.41) is 27.1. The van der Waals surface area contributed by atoms with E-state index < -0.39 is 30.7 Å². The van der Waals surface area contributed by atoms with Crippen molar-refractivity contribution >= 4 is 0 Å². The molecule has 11 heavy (non-hydrogen) atoms. The van der Waals surface area contributed by atoms with E-state index in [1.807, 2.05) is 0 Å². The fraction of sp³-hybridized carbons (Fsp3) is 1.00. The lowest BCUT2D eigenvalue weighted by molar-refractivity contribution is -0.144. The zero-order chi connectivity index (χ0) is 8.01. The van der Waals surface area contributed by atoms with Gasteiger partial charge in [-0.25, -0.2) is 0 Å². The van der Waals surface area contributed by atoms with Crippen LogP contribution in [0.1, 0.15) is 0 Å². The topological polar surface area (TPSA) is 82.5 Å². The van der Waals surface area contributed by atoms with E-state index in [-0.39, 0.29) is 6.61 Å². The summed E-state index contributed by atoms with van der Waals surface area (Å²) in [5.41, 5.74) is 0. The van der Waals surface area contributed by atoms with Crippen LogP contribution in [0.2, 0.25) is 0 Å². The molecule has 5 nitrogen and oxygen atoms in total. The molecule has 0 aromatic heterocycles. The summed E-state index contributed by atoms with van der Waals surface area (Å²) >= 11 is 0. The maximum atomic E-state index is 9.22. The van der Waals surface area contributed by atoms with Crippen LogP contribution < -0.4 is 0 Å². The first kappa shape index (κ1) is 7.45. The normalized spacial score (nSPS) is 55.4. The van der Waals surface area contributed by atoms with Crippen molar-refractivity contribution in [2.45, 2.75) is 30.7 Å². The third-order valence-corrected chi connectivity index (χ3v) is 2.04. The van der Waals surface area contributed by atoms with E-state index in [9.17, 15) is 10.2 Å². The Labute approximate surface area is 63.2 Å². The molecule has 2 rings (SSSR count). The number of rotatable bonds is 1. The Morgan fingerprint density at radius 2 is 1.82 bits per heavy atom. The highest BCUT2D eigenvalue weighted by Gasteiger charge is 2.55. The van der Waals surface area contributed by atoms with Gasteiger partial charge in [0.25, 0.3) is 0 Å². The zero-order valence-electron chi connectivity index (χ0n) is 5.75. The number of hydrogen-bond acceptors (Lipinski definition) is 5. The molecule has 3 N–H and O–H groups in total. The highest BCUT2D eigenvalue weighted by molar-refractivity contribution is 4.96. The second-order valence-electron chi connectivity index (χ2n) is 2.81. The van der Waals surface area contributed by atoms with Crippen molar-refractivity contribution in [2.24, 2.45) is 0 Å². The minimum atomic E-state index is -1.04. The first-order chi connectivity index (χ1) is 5.24. The molecule has 0 unspecified atom stereocenters. The van der Waals surface area contributed by atoms with E-state index >= 15 is 0 Å². The molecule has 0 aliphatic carbocycles. The molecule has 64 valence electrons. The molecular weight excluding hydrogens is 152 g/mol. The van der Waals surface area contributed by atoms with E-state index in [2.05, 4.69) is 0 Å². The number of epoxide rings is 1. The number of ether oxygens (including phenoxy) is 2. The molecule has 2 saturated heterocycles. The highest BCUT2D eigenvalue weighted by Crippen LogP contribution is 2.35. The van der Waals surface area contributed by atoms with E-state index in [4.69, 9.17) is 14.6 Å². The summed E-state index contributed by atoms with van der Waals surface area (Å²) in [4.78, 5) is 0. The lowest BCUT2D eigenvalue weighted by Gasteiger charge is -2.27. The molecule has 2 heterocycles. The van der Waals surface area contributed by atoms with Crippen molar-refractivity contribution in [3.63, 3.8) is 0 Å². The van der Waals surface area contributed by atoms with Gasteiger partial charge in [0.05, 0.1) is 6.61 Å². The van der Waals surface area contributed by atoms with E-state index in [1.165, 1.54) is 0 Å². The minimum Gasteiger partial charge on any atom is -0.394 e. The Morgan fingerprint density at radius 3 is 2.45 bits per heavy atom. The van der Waals surface area contributed by atoms with Crippen LogP contribution in [-0.2, 0) is 9.47 Å². The maximum Gasteiger partial charge on any atom is 0.187 e. The number of fused-ring (bicyclic) bond motifs is 1. The lowest BCUT2D eigenvalue weighted by atomic mass is 10.0. The second-order valence-corrected chi connectivity index (χ2v) is 2.81. The van der Waals surface area contributed by atoms with Gasteiger partial charge in [0.15, 0.2) is 6.29 Å². The average molecular weight is 162 g/mol. The zero-order valence-corrected chi connectivity index (χ0v) is 5.75. The fourth-order valence-corrected chi connectivity index (χ4v) is 1.28. The summed E-state index contributed by atoms with van der Waals surface area (Å²) in [5.74, 6) is 0. The van der Waals surface area contributed by atoms with Gasteiger partial charge in [-0.15, -0.1) is 0 Å². The van der Waals surface area contributed by atoms with Gasteiger partial charge in [-0.05, 0) is 0 Å². The molecule has 2 fully saturated rings. The van der Waals surface area contributed by atoms with E-state index in [1.54, 1.807) is 0 Å². The van der Waals surface area contributed by atoms with Gasteiger partial charge < -0.3 is 24.8 Å². The molecule has 2 aliphatic rings. The molecule has 5 heteroatoms. The monoisotopic (exact) mass is 162 g/mol. The van der Waals surface area contributed by atoms with Crippen LogP contribution in [0.3, 0.4) is 0 Å². The van der Waals surface area contributed by atoms with Gasteiger partial charge in [0.1, 0.15) is 24.4 Å². The molecule has 0 amide bonds. The van der Waals surface area contributed by atoms with Gasteiger partial charge in [0.2, 0.25) is 0 Å². The standard InChI is InChI=1S/C6H10O5/c7-1-2-3(8)4(9)5-6(10-2)11-5/h2-9H,1H2/t2-,3-,4+,5+,6+/m1/s1. The average Bonchev–Trinajstić information content (AvgIpc) is 2.75. The summed E-state index contributed by atoms with van der Waals surface area (Å²) in [6.45, 7) is -0.301. The summed E-state index contributed by atoms with van der Waals surface area (Å²) in [6, 6.07) is 0. The summed E-state index contributed by atoms with van der Waals surface area (Å²) < 4.78 is 9.86. The SMILES string of the molecule is OC[C@H]1O[C@H]2O[C@H]2[C@@H](O)[C@@H]1O. The minimum absolute atomic E-state index is 0.301. The maximum absolute atomic E-state index is 9.22. The highest BCUT2D eigenvalue weighted by atomic mass is 16.8. The number of aliphatic hydroxyl groups excluding tert-OH is 3. The third kappa shape index (κ3) is 1.05. The molecule has 2 aliphatic heterocycles. The van der Waals surface area contributed by atoms with Gasteiger partial charge in [-0.3, -0.25) is 0 Å². The molecule has 0 saturated carbocycles. The quantitative estimate of drug-likeness (QED) is 0.382. The van der Waals surface area contributed by atoms with Crippen molar-refractivity contribution in [3.8, 4) is 0 Å². The van der Waals surface area contributed by atoms with Gasteiger partial charge >= 0.3 is 0 Å². The molecule has 0 bridgehead atoms. The van der Waals surface area contributed by atoms with Gasteiger partial charge in [0, 0.05) is 0 Å². The van der Waals surface area contributed by atoms with Gasteiger partial charge in [-0.1, -0.05) is 0 Å². The van der Waals surface area contributed by atoms with Crippen LogP contribution >= 0.6 is 0 Å². The van der Waals surface area contributed by atoms with Crippen molar-refractivity contribution < 1.29 is 24.8 Å². The smallest absolute Gasteiger partial charge is 0.187 e. The van der Waals surface area contributed by atoms with Gasteiger partial charge in [-0.2, -0.15) is 0 Å². The second kappa shape index (κ2) is 2.40. The first-order valence-electron chi connectivity index (χ1n) is 3.52. The number of aliphatic hydroxyl groups is 3. The van der Waals surface area contributed by atoms with Crippen LogP contribution in [0.4, 0.5) is 0 Å². The number of hydrogen-bond donors (Lipinski definition) is 3. The molecule has 0 aromatic rings. The Hall–Kier alpha value is -0.200. The van der Waals surface area contributed by atoms with Crippen molar-refractivity contribution in [1.82, 2.24) is 0 Å². The van der Waals surface area contributed by atoms with Crippen LogP contribution in [0.15, 0.2) is 0 Å². The van der Waals surface area contributed by atoms with Crippen LogP contribution in [0.5, 0.6) is 0 Å². The molecule has 0 spiro atoms. The Bertz CT molecular complexity index is 161. The van der Waals surface area contributed by atoms with E-state index in [0.717, 1.165) is 0 Å². The fourth-order valence-electron chi connectivity index (χ4n) is 1.28. The van der Waals surface area contributed by atoms with Crippen molar-refractivity contribution in [2.75, 3.05) is 6.61 Å². The molecule has 5 atom stereocenters. The van der Waals surface area contributed by atoms with Crippen molar-refractivity contribution in [3.05, 3.63) is 0 Å². The summed E-state index contributed by atoms with van der Waals surface area (Å²) in [7, 11) is 0. The molecule has 0 aromatic carbocycles. The van der Waals surface area contributed by atoms with Crippen LogP contribution in [0, 0.1) is 0 Å². The molecular formula is C6H10O5. The Morgan fingerprint density at radius 1 is 1.09 bits per heavy atom. The first-order valence-corrected chi connectivity index (χ1v) is 3.52. The van der Waals surface area contributed by atoms with E-state index in [0.29, 0.717) is 0 Å². The Kier molecular flexibility index (Phi) is 1.62. The molecule has 0 radical (unpaired) electrons. The predicted octanol–water partition coefficient (Wildman–Crippen LogP) is -2.18. The predicted molar refractivity (Wildman–Crippen MR) is 32.6 cm³/mol. The van der Waals surface area contributed by atoms with Crippen LogP contribution in [-0.4, -0.2) is 52.6 Å². The van der Waals surface area contributed by atoms with Crippen molar-refractivity contribution in [1.29, 1.82) is 0 Å². The third-order valence-electron chi connectivity index (χ3n) is 2.04. The Balaban J connectivity index is 2.03. The summed E-state index contributed by atoms with van der Waals surface area (Å²) in [6.07, 6.45) is -3.50. The van der Waals surface area contributed by atoms with Crippen LogP contribution in [0.25, 0.3) is 0 Å². The lowest BCUT2D eigenvalue weighted by Crippen LogP contribution is -2.48. The largest absolute Gasteiger partial charge is 0.394 e.